The standard InChI is InChI=1S/C10H17N3O3/c1-7(2)10-8(6-9(14)15)11-12-13(10)4-5-16-3/h7H,4-6H2,1-3H3,(H,14,15). The minimum Gasteiger partial charge on any atom is -0.481 e. The molecule has 0 saturated heterocycles. The topological polar surface area (TPSA) is 77.2 Å². The van der Waals surface area contributed by atoms with E-state index in [4.69, 9.17) is 9.84 Å². The van der Waals surface area contributed by atoms with Crippen LogP contribution in [0.5, 0.6) is 0 Å². The van der Waals surface area contributed by atoms with Gasteiger partial charge in [0.15, 0.2) is 0 Å². The van der Waals surface area contributed by atoms with Crippen molar-refractivity contribution in [3.63, 3.8) is 0 Å². The van der Waals surface area contributed by atoms with Gasteiger partial charge in [-0.05, 0) is 5.92 Å². The summed E-state index contributed by atoms with van der Waals surface area (Å²) in [5.41, 5.74) is 1.41. The van der Waals surface area contributed by atoms with E-state index in [0.717, 1.165) is 5.69 Å². The van der Waals surface area contributed by atoms with Gasteiger partial charge in [-0.15, -0.1) is 5.10 Å². The molecule has 90 valence electrons. The first-order chi connectivity index (χ1) is 7.56. The second-order valence-electron chi connectivity index (χ2n) is 3.86. The lowest BCUT2D eigenvalue weighted by molar-refractivity contribution is -0.136. The maximum absolute atomic E-state index is 10.7. The highest BCUT2D eigenvalue weighted by Gasteiger charge is 2.17. The van der Waals surface area contributed by atoms with Gasteiger partial charge in [0.1, 0.15) is 0 Å². The maximum Gasteiger partial charge on any atom is 0.309 e. The van der Waals surface area contributed by atoms with Crippen LogP contribution in [0.2, 0.25) is 0 Å². The molecule has 0 atom stereocenters. The molecule has 0 bridgehead atoms. The number of aromatic nitrogens is 3. The van der Waals surface area contributed by atoms with Crippen LogP contribution in [0.4, 0.5) is 0 Å². The van der Waals surface area contributed by atoms with Gasteiger partial charge in [0.25, 0.3) is 0 Å². The first-order valence-corrected chi connectivity index (χ1v) is 5.19. The molecular formula is C10H17N3O3. The van der Waals surface area contributed by atoms with Crippen molar-refractivity contribution in [3.8, 4) is 0 Å². The first-order valence-electron chi connectivity index (χ1n) is 5.19. The van der Waals surface area contributed by atoms with Crippen molar-refractivity contribution in [1.82, 2.24) is 15.0 Å². The monoisotopic (exact) mass is 227 g/mol. The van der Waals surface area contributed by atoms with E-state index in [1.165, 1.54) is 0 Å². The van der Waals surface area contributed by atoms with Crippen LogP contribution in [-0.4, -0.2) is 39.8 Å². The number of nitrogens with zero attached hydrogens (tertiary/aromatic N) is 3. The van der Waals surface area contributed by atoms with E-state index in [9.17, 15) is 4.79 Å². The van der Waals surface area contributed by atoms with E-state index in [0.29, 0.717) is 18.8 Å². The zero-order valence-corrected chi connectivity index (χ0v) is 9.80. The highest BCUT2D eigenvalue weighted by Crippen LogP contribution is 2.17. The molecule has 0 aliphatic rings. The Balaban J connectivity index is 2.92. The molecule has 0 radical (unpaired) electrons. The summed E-state index contributed by atoms with van der Waals surface area (Å²) in [5.74, 6) is -0.693. The molecule has 0 fully saturated rings. The predicted molar refractivity (Wildman–Crippen MR) is 57.3 cm³/mol. The van der Waals surface area contributed by atoms with Crippen LogP contribution < -0.4 is 0 Å². The lowest BCUT2D eigenvalue weighted by atomic mass is 10.1. The fraction of sp³-hybridized carbons (Fsp3) is 0.700. The Kier molecular flexibility index (Phi) is 4.42. The van der Waals surface area contributed by atoms with Crippen molar-refractivity contribution >= 4 is 5.97 Å². The van der Waals surface area contributed by atoms with Gasteiger partial charge in [0.2, 0.25) is 0 Å². The number of carboxylic acid groups (broad SMARTS) is 1. The second kappa shape index (κ2) is 5.60. The zero-order chi connectivity index (χ0) is 12.1. The molecule has 0 aromatic carbocycles. The Labute approximate surface area is 94.2 Å². The van der Waals surface area contributed by atoms with E-state index >= 15 is 0 Å². The molecule has 0 aliphatic carbocycles. The van der Waals surface area contributed by atoms with E-state index in [1.807, 2.05) is 13.8 Å². The largest absolute Gasteiger partial charge is 0.481 e. The Morgan fingerprint density at radius 1 is 1.56 bits per heavy atom. The first kappa shape index (κ1) is 12.6. The summed E-state index contributed by atoms with van der Waals surface area (Å²) < 4.78 is 6.68. The summed E-state index contributed by atoms with van der Waals surface area (Å²) >= 11 is 0. The summed E-state index contributed by atoms with van der Waals surface area (Å²) in [4.78, 5) is 10.7. The van der Waals surface area contributed by atoms with Crippen molar-refractivity contribution in [2.45, 2.75) is 32.7 Å². The number of aliphatic carboxylic acids is 1. The maximum atomic E-state index is 10.7. The third kappa shape index (κ3) is 3.03. The SMILES string of the molecule is COCCn1nnc(CC(=O)O)c1C(C)C. The van der Waals surface area contributed by atoms with Crippen LogP contribution in [0.1, 0.15) is 31.2 Å². The molecule has 0 saturated carbocycles. The number of ether oxygens (including phenoxy) is 1. The quantitative estimate of drug-likeness (QED) is 0.773. The second-order valence-corrected chi connectivity index (χ2v) is 3.86. The fourth-order valence-electron chi connectivity index (χ4n) is 1.60. The van der Waals surface area contributed by atoms with Crippen molar-refractivity contribution in [3.05, 3.63) is 11.4 Å². The molecule has 1 aromatic heterocycles. The molecule has 0 amide bonds. The Morgan fingerprint density at radius 2 is 2.25 bits per heavy atom. The number of rotatable bonds is 6. The van der Waals surface area contributed by atoms with Gasteiger partial charge in [-0.2, -0.15) is 0 Å². The van der Waals surface area contributed by atoms with E-state index < -0.39 is 5.97 Å². The van der Waals surface area contributed by atoms with Crippen molar-refractivity contribution < 1.29 is 14.6 Å². The summed E-state index contributed by atoms with van der Waals surface area (Å²) in [6, 6.07) is 0. The van der Waals surface area contributed by atoms with Gasteiger partial charge in [-0.1, -0.05) is 19.1 Å². The third-order valence-corrected chi connectivity index (χ3v) is 2.22. The number of carboxylic acids is 1. The molecule has 0 spiro atoms. The molecule has 1 heterocycles. The fourth-order valence-corrected chi connectivity index (χ4v) is 1.60. The number of methoxy groups -OCH3 is 1. The molecule has 0 aliphatic heterocycles. The predicted octanol–water partition coefficient (Wildman–Crippen LogP) is 0.675. The van der Waals surface area contributed by atoms with Gasteiger partial charge in [-0.3, -0.25) is 4.79 Å². The van der Waals surface area contributed by atoms with Crippen LogP contribution >= 0.6 is 0 Å². The Morgan fingerprint density at radius 3 is 2.75 bits per heavy atom. The van der Waals surface area contributed by atoms with Crippen LogP contribution in [0.3, 0.4) is 0 Å². The van der Waals surface area contributed by atoms with E-state index in [2.05, 4.69) is 10.3 Å². The van der Waals surface area contributed by atoms with Crippen molar-refractivity contribution in [1.29, 1.82) is 0 Å². The molecular weight excluding hydrogens is 210 g/mol. The van der Waals surface area contributed by atoms with Crippen LogP contribution in [0, 0.1) is 0 Å². The van der Waals surface area contributed by atoms with Crippen molar-refractivity contribution in [2.75, 3.05) is 13.7 Å². The average Bonchev–Trinajstić information content (AvgIpc) is 2.56. The van der Waals surface area contributed by atoms with Gasteiger partial charge in [0, 0.05) is 7.11 Å². The highest BCUT2D eigenvalue weighted by molar-refractivity contribution is 5.69. The zero-order valence-electron chi connectivity index (χ0n) is 9.80. The smallest absolute Gasteiger partial charge is 0.309 e. The van der Waals surface area contributed by atoms with Crippen LogP contribution in [0.15, 0.2) is 0 Å². The average molecular weight is 227 g/mol. The minimum atomic E-state index is -0.888. The normalized spacial score (nSPS) is 11.0. The van der Waals surface area contributed by atoms with Gasteiger partial charge >= 0.3 is 5.97 Å². The molecule has 16 heavy (non-hydrogen) atoms. The van der Waals surface area contributed by atoms with Crippen LogP contribution in [0.25, 0.3) is 0 Å². The molecule has 6 nitrogen and oxygen atoms in total. The van der Waals surface area contributed by atoms with Crippen LogP contribution in [-0.2, 0) is 22.5 Å². The Hall–Kier alpha value is -1.43. The highest BCUT2D eigenvalue weighted by atomic mass is 16.5. The lowest BCUT2D eigenvalue weighted by Crippen LogP contribution is -2.12. The third-order valence-electron chi connectivity index (χ3n) is 2.22. The molecule has 1 rings (SSSR count). The molecule has 1 N–H and O–H groups in total. The summed E-state index contributed by atoms with van der Waals surface area (Å²) in [6.07, 6.45) is -0.0828. The van der Waals surface area contributed by atoms with E-state index in [-0.39, 0.29) is 12.3 Å². The minimum absolute atomic E-state index is 0.0828. The number of hydrogen-bond acceptors (Lipinski definition) is 4. The lowest BCUT2D eigenvalue weighted by Gasteiger charge is -2.09. The van der Waals surface area contributed by atoms with Gasteiger partial charge in [-0.25, -0.2) is 4.68 Å². The van der Waals surface area contributed by atoms with Gasteiger partial charge < -0.3 is 9.84 Å². The van der Waals surface area contributed by atoms with Gasteiger partial charge in [0.05, 0.1) is 31.0 Å². The Bertz CT molecular complexity index is 360. The summed E-state index contributed by atoms with van der Waals surface area (Å²) in [6.45, 7) is 5.12. The number of hydrogen-bond donors (Lipinski definition) is 1. The summed E-state index contributed by atoms with van der Waals surface area (Å²) in [7, 11) is 1.62. The number of carbonyl (C=O) groups is 1. The van der Waals surface area contributed by atoms with E-state index in [1.54, 1.807) is 11.8 Å². The molecule has 1 aromatic rings. The molecule has 6 heteroatoms. The molecule has 0 unspecified atom stereocenters. The summed E-state index contributed by atoms with van der Waals surface area (Å²) in [5, 5.41) is 16.6. The van der Waals surface area contributed by atoms with Crippen molar-refractivity contribution in [2.24, 2.45) is 0 Å².